The number of ether oxygens (including phenoxy) is 1. The normalized spacial score (nSPS) is 13.1. The van der Waals surface area contributed by atoms with Gasteiger partial charge in [0.2, 0.25) is 0 Å². The molecule has 1 aromatic heterocycles. The van der Waals surface area contributed by atoms with E-state index in [1.807, 2.05) is 53.7 Å². The second-order valence-corrected chi connectivity index (χ2v) is 10.1. The molecule has 0 atom stereocenters. The van der Waals surface area contributed by atoms with Crippen molar-refractivity contribution in [3.8, 4) is 5.75 Å². The summed E-state index contributed by atoms with van der Waals surface area (Å²) in [7, 11) is 2.63. The molecule has 1 aromatic carbocycles. The number of likely N-dealkylation sites (N-methyl/N-ethyl adjacent to an activating group) is 1. The van der Waals surface area contributed by atoms with Crippen LogP contribution in [-0.2, 0) is 20.0 Å². The molecule has 1 heterocycles. The molecule has 0 aliphatic heterocycles. The van der Waals surface area contributed by atoms with E-state index in [0.717, 1.165) is 29.6 Å². The Hall–Kier alpha value is -1.17. The third-order valence-corrected chi connectivity index (χ3v) is 5.36. The predicted molar refractivity (Wildman–Crippen MR) is 116 cm³/mol. The molecule has 0 spiro atoms. The summed E-state index contributed by atoms with van der Waals surface area (Å²) in [5.74, 6) is 0.800. The summed E-state index contributed by atoms with van der Waals surface area (Å²) >= 11 is 0. The molecule has 0 fully saturated rings. The molecule has 28 heavy (non-hydrogen) atoms. The van der Waals surface area contributed by atoms with Crippen LogP contribution in [0.3, 0.4) is 0 Å². The third-order valence-electron chi connectivity index (χ3n) is 3.65. The fourth-order valence-electron chi connectivity index (χ4n) is 2.53. The van der Waals surface area contributed by atoms with Crippen LogP contribution >= 0.6 is 8.60 Å². The van der Waals surface area contributed by atoms with Crippen LogP contribution in [0.5, 0.6) is 5.75 Å². The highest BCUT2D eigenvalue weighted by atomic mass is 31.2. The lowest BCUT2D eigenvalue weighted by Crippen LogP contribution is -2.23. The molecule has 0 aliphatic carbocycles. The second kappa shape index (κ2) is 9.55. The van der Waals surface area contributed by atoms with Gasteiger partial charge in [-0.1, -0.05) is 6.07 Å². The minimum Gasteiger partial charge on any atom is -0.466 e. The monoisotopic (exact) mass is 410 g/mol. The van der Waals surface area contributed by atoms with Gasteiger partial charge >= 0.3 is 8.60 Å². The van der Waals surface area contributed by atoms with Crippen molar-refractivity contribution in [3.05, 3.63) is 30.0 Å². The van der Waals surface area contributed by atoms with Crippen LogP contribution in [0.1, 0.15) is 47.1 Å². The lowest BCUT2D eigenvalue weighted by molar-refractivity contribution is 0.00882. The number of nitrogens with zero attached hydrogens (tertiary/aromatic N) is 1. The molecule has 0 unspecified atom stereocenters. The van der Waals surface area contributed by atoms with Crippen LogP contribution in [0, 0.1) is 0 Å². The van der Waals surface area contributed by atoms with E-state index in [9.17, 15) is 0 Å². The van der Waals surface area contributed by atoms with Gasteiger partial charge in [0.05, 0.1) is 11.2 Å². The number of aromatic nitrogens is 1. The predicted octanol–water partition coefficient (Wildman–Crippen LogP) is 5.48. The molecule has 6 nitrogen and oxygen atoms in total. The van der Waals surface area contributed by atoms with E-state index in [0.29, 0.717) is 0 Å². The maximum Gasteiger partial charge on any atom is 0.336 e. The maximum atomic E-state index is 5.98. The lowest BCUT2D eigenvalue weighted by atomic mass is 10.1. The molecule has 0 aliphatic rings. The number of H-pyrrole nitrogens is 1. The van der Waals surface area contributed by atoms with Crippen molar-refractivity contribution in [2.45, 2.75) is 59.2 Å². The van der Waals surface area contributed by atoms with Crippen LogP contribution in [0.25, 0.3) is 10.9 Å². The van der Waals surface area contributed by atoms with E-state index in [4.69, 9.17) is 18.3 Å². The summed E-state index contributed by atoms with van der Waals surface area (Å²) in [4.78, 5) is 5.50. The fourth-order valence-corrected chi connectivity index (χ4v) is 3.71. The van der Waals surface area contributed by atoms with Crippen molar-refractivity contribution in [2.24, 2.45) is 0 Å². The first-order valence-electron chi connectivity index (χ1n) is 9.62. The molecular formula is C21H35N2O4P. The quantitative estimate of drug-likeness (QED) is 0.438. The van der Waals surface area contributed by atoms with Crippen molar-refractivity contribution in [3.63, 3.8) is 0 Å². The van der Waals surface area contributed by atoms with E-state index in [1.165, 1.54) is 5.56 Å². The molecule has 2 rings (SSSR count). The Morgan fingerprint density at radius 2 is 1.64 bits per heavy atom. The van der Waals surface area contributed by atoms with Gasteiger partial charge in [-0.3, -0.25) is 4.52 Å². The van der Waals surface area contributed by atoms with Gasteiger partial charge in [-0.2, -0.15) is 0 Å². The Morgan fingerprint density at radius 3 is 2.21 bits per heavy atom. The smallest absolute Gasteiger partial charge is 0.336 e. The number of hydrogen-bond donors (Lipinski definition) is 1. The van der Waals surface area contributed by atoms with Crippen molar-refractivity contribution in [1.29, 1.82) is 0 Å². The second-order valence-electron chi connectivity index (χ2n) is 9.07. The number of nitrogens with one attached hydrogen (secondary N) is 1. The summed E-state index contributed by atoms with van der Waals surface area (Å²) in [5.41, 5.74) is 1.57. The van der Waals surface area contributed by atoms with E-state index in [2.05, 4.69) is 36.2 Å². The number of aromatic amines is 1. The van der Waals surface area contributed by atoms with Crippen LogP contribution in [-0.4, -0.2) is 48.5 Å². The van der Waals surface area contributed by atoms with Crippen molar-refractivity contribution >= 4 is 19.5 Å². The molecule has 2 aromatic rings. The highest BCUT2D eigenvalue weighted by Crippen LogP contribution is 2.47. The van der Waals surface area contributed by atoms with Crippen LogP contribution in [0.4, 0.5) is 0 Å². The zero-order valence-electron chi connectivity index (χ0n) is 18.5. The molecule has 1 N–H and O–H groups in total. The molecule has 0 bridgehead atoms. The van der Waals surface area contributed by atoms with Crippen LogP contribution in [0.2, 0.25) is 0 Å². The number of rotatable bonds is 9. The molecule has 0 saturated heterocycles. The summed E-state index contributed by atoms with van der Waals surface area (Å²) in [6.07, 6.45) is 3.00. The first kappa shape index (κ1) is 23.1. The SMILES string of the molecule is CN(C)CCc1c[nH]c2cccc(OCOP(OC(C)(C)C)OC(C)(C)C)c12. The average Bonchev–Trinajstić information content (AvgIpc) is 2.93. The summed E-state index contributed by atoms with van der Waals surface area (Å²) < 4.78 is 23.7. The van der Waals surface area contributed by atoms with Gasteiger partial charge in [0.25, 0.3) is 0 Å². The maximum absolute atomic E-state index is 5.98. The first-order chi connectivity index (χ1) is 12.9. The first-order valence-corrected chi connectivity index (χ1v) is 10.7. The van der Waals surface area contributed by atoms with Gasteiger partial charge in [-0.05, 0) is 79.8 Å². The molecule has 0 amide bonds. The van der Waals surface area contributed by atoms with Gasteiger partial charge in [-0.15, -0.1) is 0 Å². The minimum atomic E-state index is -1.53. The number of fused-ring (bicyclic) bond motifs is 1. The van der Waals surface area contributed by atoms with E-state index >= 15 is 0 Å². The zero-order chi connectivity index (χ0) is 20.9. The van der Waals surface area contributed by atoms with E-state index < -0.39 is 8.60 Å². The van der Waals surface area contributed by atoms with Crippen LogP contribution < -0.4 is 4.74 Å². The highest BCUT2D eigenvalue weighted by molar-refractivity contribution is 7.41. The minimum absolute atomic E-state index is 0.0648. The summed E-state index contributed by atoms with van der Waals surface area (Å²) in [6.45, 7) is 12.9. The lowest BCUT2D eigenvalue weighted by Gasteiger charge is -2.30. The standard InChI is InChI=1S/C21H35N2O4P/c1-20(2,3)26-28(27-21(4,5)6)25-15-24-18-11-9-10-17-19(18)16(14-22-17)12-13-23(7)8/h9-11,14,22H,12-13,15H2,1-8H3. The Kier molecular flexibility index (Phi) is 7.89. The van der Waals surface area contributed by atoms with Crippen molar-refractivity contribution in [1.82, 2.24) is 9.88 Å². The molecule has 0 saturated carbocycles. The average molecular weight is 410 g/mol. The number of hydrogen-bond acceptors (Lipinski definition) is 5. The third kappa shape index (κ3) is 7.69. The van der Waals surface area contributed by atoms with Gasteiger partial charge in [0, 0.05) is 23.6 Å². The Morgan fingerprint density at radius 1 is 1.00 bits per heavy atom. The van der Waals surface area contributed by atoms with E-state index in [-0.39, 0.29) is 18.0 Å². The highest BCUT2D eigenvalue weighted by Gasteiger charge is 2.27. The summed E-state index contributed by atoms with van der Waals surface area (Å²) in [6, 6.07) is 6.00. The molecule has 158 valence electrons. The Bertz CT molecular complexity index is 731. The molecule has 7 heteroatoms. The topological polar surface area (TPSA) is 56.0 Å². The van der Waals surface area contributed by atoms with Crippen molar-refractivity contribution < 1.29 is 18.3 Å². The van der Waals surface area contributed by atoms with E-state index in [1.54, 1.807) is 0 Å². The van der Waals surface area contributed by atoms with Crippen molar-refractivity contribution in [2.75, 3.05) is 27.4 Å². The van der Waals surface area contributed by atoms with Gasteiger partial charge < -0.3 is 23.7 Å². The summed E-state index contributed by atoms with van der Waals surface area (Å²) in [5, 5.41) is 1.10. The molecule has 0 radical (unpaired) electrons. The zero-order valence-corrected chi connectivity index (χ0v) is 19.4. The fraction of sp³-hybridized carbons (Fsp3) is 0.619. The largest absolute Gasteiger partial charge is 0.466 e. The van der Waals surface area contributed by atoms with Gasteiger partial charge in [-0.25, -0.2) is 0 Å². The van der Waals surface area contributed by atoms with Crippen LogP contribution in [0.15, 0.2) is 24.4 Å². The molecular weight excluding hydrogens is 375 g/mol. The Labute approximate surface area is 170 Å². The van der Waals surface area contributed by atoms with Gasteiger partial charge in [0.1, 0.15) is 5.75 Å². The number of benzene rings is 1. The van der Waals surface area contributed by atoms with Gasteiger partial charge in [0.15, 0.2) is 6.79 Å². The Balaban J connectivity index is 2.07.